The number of nitrogens with zero attached hydrogens (tertiary/aromatic N) is 1. The molecule has 1 aromatic rings. The Morgan fingerprint density at radius 3 is 3.00 bits per heavy atom. The minimum atomic E-state index is 0.611. The van der Waals surface area contributed by atoms with Crippen LogP contribution in [-0.2, 0) is 0 Å². The molecule has 2 nitrogen and oxygen atoms in total. The summed E-state index contributed by atoms with van der Waals surface area (Å²) in [5.74, 6) is 1.35. The van der Waals surface area contributed by atoms with E-state index in [0.717, 1.165) is 24.6 Å². The van der Waals surface area contributed by atoms with E-state index in [0.29, 0.717) is 5.92 Å². The van der Waals surface area contributed by atoms with Gasteiger partial charge in [-0.05, 0) is 43.0 Å². The summed E-state index contributed by atoms with van der Waals surface area (Å²) in [5, 5.41) is 12.4. The standard InChI is InChI=1S/C13H16N2/c1-2-15-9-11-7-13(11)12-6-4-3-5-10(12)8-14/h3-6,11,13,15H,2,7,9H2,1H3. The van der Waals surface area contributed by atoms with E-state index in [1.807, 2.05) is 18.2 Å². The molecule has 0 aromatic heterocycles. The van der Waals surface area contributed by atoms with E-state index < -0.39 is 0 Å². The lowest BCUT2D eigenvalue weighted by atomic mass is 10.0. The third-order valence-corrected chi connectivity index (χ3v) is 3.06. The molecule has 0 heterocycles. The number of rotatable bonds is 4. The van der Waals surface area contributed by atoms with Crippen molar-refractivity contribution in [3.63, 3.8) is 0 Å². The fourth-order valence-electron chi connectivity index (χ4n) is 2.11. The molecular weight excluding hydrogens is 184 g/mol. The van der Waals surface area contributed by atoms with Crippen LogP contribution in [-0.4, -0.2) is 13.1 Å². The molecule has 0 radical (unpaired) electrons. The van der Waals surface area contributed by atoms with Gasteiger partial charge in [-0.1, -0.05) is 25.1 Å². The first-order valence-electron chi connectivity index (χ1n) is 5.56. The highest BCUT2D eigenvalue weighted by Gasteiger charge is 2.38. The summed E-state index contributed by atoms with van der Waals surface area (Å²) in [6.07, 6.45) is 1.23. The molecule has 1 aliphatic rings. The molecule has 0 aliphatic heterocycles. The van der Waals surface area contributed by atoms with Crippen molar-refractivity contribution < 1.29 is 0 Å². The fourth-order valence-corrected chi connectivity index (χ4v) is 2.11. The molecule has 1 N–H and O–H groups in total. The van der Waals surface area contributed by atoms with Crippen LogP contribution in [0.4, 0.5) is 0 Å². The molecule has 15 heavy (non-hydrogen) atoms. The lowest BCUT2D eigenvalue weighted by molar-refractivity contribution is 0.649. The van der Waals surface area contributed by atoms with Gasteiger partial charge < -0.3 is 5.32 Å². The largest absolute Gasteiger partial charge is 0.317 e. The van der Waals surface area contributed by atoms with Crippen molar-refractivity contribution in [2.24, 2.45) is 5.92 Å². The minimum absolute atomic E-state index is 0.611. The summed E-state index contributed by atoms with van der Waals surface area (Å²) in [7, 11) is 0. The number of benzene rings is 1. The van der Waals surface area contributed by atoms with E-state index in [1.165, 1.54) is 12.0 Å². The summed E-state index contributed by atoms with van der Waals surface area (Å²) < 4.78 is 0. The molecule has 0 bridgehead atoms. The predicted octanol–water partition coefficient (Wildman–Crippen LogP) is 2.27. The van der Waals surface area contributed by atoms with Crippen molar-refractivity contribution in [1.82, 2.24) is 5.32 Å². The first-order valence-corrected chi connectivity index (χ1v) is 5.56. The SMILES string of the molecule is CCNCC1CC1c1ccccc1C#N. The Morgan fingerprint density at radius 2 is 2.27 bits per heavy atom. The Hall–Kier alpha value is -1.33. The average molecular weight is 200 g/mol. The molecule has 1 aromatic carbocycles. The van der Waals surface area contributed by atoms with Crippen LogP contribution in [0.1, 0.15) is 30.4 Å². The first kappa shape index (κ1) is 10.2. The van der Waals surface area contributed by atoms with Crippen molar-refractivity contribution in [3.05, 3.63) is 35.4 Å². The van der Waals surface area contributed by atoms with Gasteiger partial charge in [0.15, 0.2) is 0 Å². The highest BCUT2D eigenvalue weighted by molar-refractivity contribution is 5.42. The van der Waals surface area contributed by atoms with Gasteiger partial charge in [0.1, 0.15) is 0 Å². The van der Waals surface area contributed by atoms with E-state index in [2.05, 4.69) is 24.4 Å². The molecule has 2 heteroatoms. The molecule has 1 fully saturated rings. The summed E-state index contributed by atoms with van der Waals surface area (Å²) in [5.41, 5.74) is 2.09. The van der Waals surface area contributed by atoms with Gasteiger partial charge in [-0.3, -0.25) is 0 Å². The molecule has 1 saturated carbocycles. The Morgan fingerprint density at radius 1 is 1.47 bits per heavy atom. The van der Waals surface area contributed by atoms with E-state index >= 15 is 0 Å². The number of nitriles is 1. The van der Waals surface area contributed by atoms with Gasteiger partial charge in [0.25, 0.3) is 0 Å². The first-order chi connectivity index (χ1) is 7.36. The van der Waals surface area contributed by atoms with Crippen LogP contribution >= 0.6 is 0 Å². The minimum Gasteiger partial charge on any atom is -0.317 e. The Bertz CT molecular complexity index is 378. The van der Waals surface area contributed by atoms with Crippen molar-refractivity contribution in [1.29, 1.82) is 5.26 Å². The van der Waals surface area contributed by atoms with Crippen molar-refractivity contribution in [3.8, 4) is 6.07 Å². The predicted molar refractivity (Wildman–Crippen MR) is 60.5 cm³/mol. The van der Waals surface area contributed by atoms with Gasteiger partial charge in [-0.25, -0.2) is 0 Å². The van der Waals surface area contributed by atoms with Crippen LogP contribution in [0.5, 0.6) is 0 Å². The molecule has 0 spiro atoms. The maximum Gasteiger partial charge on any atom is 0.0994 e. The smallest absolute Gasteiger partial charge is 0.0994 e. The lowest BCUT2D eigenvalue weighted by Gasteiger charge is -2.03. The lowest BCUT2D eigenvalue weighted by Crippen LogP contribution is -2.16. The van der Waals surface area contributed by atoms with E-state index in [-0.39, 0.29) is 0 Å². The van der Waals surface area contributed by atoms with Gasteiger partial charge in [-0.15, -0.1) is 0 Å². The van der Waals surface area contributed by atoms with Gasteiger partial charge in [0, 0.05) is 0 Å². The third kappa shape index (κ3) is 2.19. The number of hydrogen-bond acceptors (Lipinski definition) is 2. The van der Waals surface area contributed by atoms with Crippen molar-refractivity contribution in [2.75, 3.05) is 13.1 Å². The Balaban J connectivity index is 2.04. The number of hydrogen-bond donors (Lipinski definition) is 1. The second-order valence-corrected chi connectivity index (χ2v) is 4.11. The highest BCUT2D eigenvalue weighted by Crippen LogP contribution is 2.47. The quantitative estimate of drug-likeness (QED) is 0.809. The van der Waals surface area contributed by atoms with E-state index in [1.54, 1.807) is 0 Å². The normalized spacial score (nSPS) is 23.5. The second kappa shape index (κ2) is 4.46. The summed E-state index contributed by atoms with van der Waals surface area (Å²) in [6.45, 7) is 4.24. The maximum absolute atomic E-state index is 8.99. The Kier molecular flexibility index (Phi) is 3.03. The Labute approximate surface area is 90.9 Å². The molecule has 0 saturated heterocycles. The zero-order valence-corrected chi connectivity index (χ0v) is 9.03. The van der Waals surface area contributed by atoms with Gasteiger partial charge in [0.05, 0.1) is 11.6 Å². The monoisotopic (exact) mass is 200 g/mol. The van der Waals surface area contributed by atoms with E-state index in [4.69, 9.17) is 5.26 Å². The highest BCUT2D eigenvalue weighted by atomic mass is 14.9. The maximum atomic E-state index is 8.99. The average Bonchev–Trinajstić information content (AvgIpc) is 3.05. The topological polar surface area (TPSA) is 35.8 Å². The molecular formula is C13H16N2. The van der Waals surface area contributed by atoms with Crippen LogP contribution < -0.4 is 5.32 Å². The van der Waals surface area contributed by atoms with Crippen molar-refractivity contribution in [2.45, 2.75) is 19.3 Å². The van der Waals surface area contributed by atoms with Gasteiger partial charge in [-0.2, -0.15) is 5.26 Å². The van der Waals surface area contributed by atoms with Crippen molar-refractivity contribution >= 4 is 0 Å². The van der Waals surface area contributed by atoms with Crippen LogP contribution in [0.2, 0.25) is 0 Å². The molecule has 0 amide bonds. The van der Waals surface area contributed by atoms with Gasteiger partial charge >= 0.3 is 0 Å². The molecule has 2 atom stereocenters. The second-order valence-electron chi connectivity index (χ2n) is 4.11. The summed E-state index contributed by atoms with van der Waals surface area (Å²) in [6, 6.07) is 10.2. The fraction of sp³-hybridized carbons (Fsp3) is 0.462. The van der Waals surface area contributed by atoms with Gasteiger partial charge in [0.2, 0.25) is 0 Å². The summed E-state index contributed by atoms with van der Waals surface area (Å²) >= 11 is 0. The van der Waals surface area contributed by atoms with Crippen LogP contribution in [0.3, 0.4) is 0 Å². The third-order valence-electron chi connectivity index (χ3n) is 3.06. The summed E-state index contributed by atoms with van der Waals surface area (Å²) in [4.78, 5) is 0. The zero-order valence-electron chi connectivity index (χ0n) is 9.03. The molecule has 2 unspecified atom stereocenters. The molecule has 2 rings (SSSR count). The zero-order chi connectivity index (χ0) is 10.7. The van der Waals surface area contributed by atoms with Crippen LogP contribution in [0.25, 0.3) is 0 Å². The number of nitrogens with one attached hydrogen (secondary N) is 1. The van der Waals surface area contributed by atoms with E-state index in [9.17, 15) is 0 Å². The molecule has 1 aliphatic carbocycles. The van der Waals surface area contributed by atoms with Crippen LogP contribution in [0.15, 0.2) is 24.3 Å². The molecule has 78 valence electrons. The van der Waals surface area contributed by atoms with Crippen LogP contribution in [0, 0.1) is 17.2 Å².